The summed E-state index contributed by atoms with van der Waals surface area (Å²) in [4.78, 5) is 11.9. The number of aliphatic hydroxyl groups excluding tert-OH is 2. The zero-order chi connectivity index (χ0) is 14.4. The molecule has 1 aromatic rings. The Morgan fingerprint density at radius 2 is 2.11 bits per heavy atom. The van der Waals surface area contributed by atoms with Crippen LogP contribution < -0.4 is 10.6 Å². The van der Waals surface area contributed by atoms with E-state index in [0.717, 1.165) is 0 Å². The maximum absolute atomic E-state index is 11.9. The highest BCUT2D eigenvalue weighted by atomic mass is 35.5. The van der Waals surface area contributed by atoms with Gasteiger partial charge >= 0.3 is 0 Å². The summed E-state index contributed by atoms with van der Waals surface area (Å²) in [6.45, 7) is 3.61. The summed E-state index contributed by atoms with van der Waals surface area (Å²) < 4.78 is 0. The molecule has 0 aliphatic rings. The minimum atomic E-state index is -0.844. The van der Waals surface area contributed by atoms with Crippen LogP contribution in [0.15, 0.2) is 18.2 Å². The predicted octanol–water partition coefficient (Wildman–Crippen LogP) is 1.24. The van der Waals surface area contributed by atoms with Crippen LogP contribution in [0.2, 0.25) is 5.02 Å². The second kappa shape index (κ2) is 7.33. The second-order valence-corrected chi connectivity index (χ2v) is 4.95. The van der Waals surface area contributed by atoms with Crippen LogP contribution >= 0.6 is 11.6 Å². The molecule has 0 bridgehead atoms. The molecule has 106 valence electrons. The summed E-state index contributed by atoms with van der Waals surface area (Å²) in [5, 5.41) is 24.0. The fourth-order valence-electron chi connectivity index (χ4n) is 1.45. The van der Waals surface area contributed by atoms with E-state index in [4.69, 9.17) is 16.7 Å². The first-order valence-electron chi connectivity index (χ1n) is 6.07. The summed E-state index contributed by atoms with van der Waals surface area (Å²) >= 11 is 5.99. The third kappa shape index (κ3) is 5.06. The molecular formula is C13H19ClN2O3. The Kier molecular flexibility index (Phi) is 6.08. The van der Waals surface area contributed by atoms with Crippen molar-refractivity contribution in [1.29, 1.82) is 0 Å². The van der Waals surface area contributed by atoms with Gasteiger partial charge in [0.05, 0.1) is 23.3 Å². The van der Waals surface area contributed by atoms with Gasteiger partial charge in [-0.1, -0.05) is 11.6 Å². The Balaban J connectivity index is 2.79. The van der Waals surface area contributed by atoms with Crippen molar-refractivity contribution < 1.29 is 15.0 Å². The highest BCUT2D eigenvalue weighted by Crippen LogP contribution is 2.20. The van der Waals surface area contributed by atoms with Crippen LogP contribution in [0.25, 0.3) is 0 Å². The molecule has 0 saturated carbocycles. The lowest BCUT2D eigenvalue weighted by molar-refractivity contribution is 0.0943. The number of amides is 1. The smallest absolute Gasteiger partial charge is 0.253 e. The number of hydrogen-bond donors (Lipinski definition) is 4. The van der Waals surface area contributed by atoms with Crippen LogP contribution in [-0.2, 0) is 0 Å². The van der Waals surface area contributed by atoms with Gasteiger partial charge in [-0.05, 0) is 32.0 Å². The number of aliphatic hydroxyl groups is 2. The fraction of sp³-hybridized carbons (Fsp3) is 0.462. The number of benzene rings is 1. The quantitative estimate of drug-likeness (QED) is 0.634. The van der Waals surface area contributed by atoms with Crippen LogP contribution in [0.1, 0.15) is 24.2 Å². The second-order valence-electron chi connectivity index (χ2n) is 4.54. The Bertz CT molecular complexity index is 438. The van der Waals surface area contributed by atoms with E-state index in [1.807, 2.05) is 13.8 Å². The van der Waals surface area contributed by atoms with Crippen molar-refractivity contribution >= 4 is 23.2 Å². The Hall–Kier alpha value is -1.30. The molecule has 0 aromatic heterocycles. The van der Waals surface area contributed by atoms with Crippen molar-refractivity contribution in [2.75, 3.05) is 18.5 Å². The number of halogens is 1. The van der Waals surface area contributed by atoms with Gasteiger partial charge in [0.1, 0.15) is 0 Å². The number of carbonyl (C=O) groups is 1. The largest absolute Gasteiger partial charge is 0.394 e. The zero-order valence-electron chi connectivity index (χ0n) is 11.0. The van der Waals surface area contributed by atoms with Gasteiger partial charge in [0.15, 0.2) is 0 Å². The lowest BCUT2D eigenvalue weighted by Crippen LogP contribution is -2.30. The number of nitrogens with one attached hydrogen (secondary N) is 2. The minimum Gasteiger partial charge on any atom is -0.394 e. The van der Waals surface area contributed by atoms with E-state index >= 15 is 0 Å². The Labute approximate surface area is 117 Å². The molecule has 4 N–H and O–H groups in total. The first-order chi connectivity index (χ1) is 8.93. The molecule has 5 nitrogen and oxygen atoms in total. The minimum absolute atomic E-state index is 0.0244. The van der Waals surface area contributed by atoms with E-state index < -0.39 is 6.10 Å². The van der Waals surface area contributed by atoms with Crippen molar-refractivity contribution in [3.05, 3.63) is 28.8 Å². The molecule has 1 aromatic carbocycles. The van der Waals surface area contributed by atoms with Crippen molar-refractivity contribution in [1.82, 2.24) is 5.32 Å². The van der Waals surface area contributed by atoms with E-state index in [1.54, 1.807) is 18.2 Å². The molecule has 1 amide bonds. The van der Waals surface area contributed by atoms with Crippen LogP contribution in [0.3, 0.4) is 0 Å². The maximum atomic E-state index is 11.9. The summed E-state index contributed by atoms with van der Waals surface area (Å²) in [6, 6.07) is 4.96. The molecule has 0 spiro atoms. The van der Waals surface area contributed by atoms with E-state index in [1.165, 1.54) is 0 Å². The standard InChI is InChI=1S/C13H19ClN2O3/c1-8(2)16-13(19)11-5-9(3-4-12(11)14)15-6-10(18)7-17/h3-5,8,10,15,17-18H,6-7H2,1-2H3,(H,16,19). The molecule has 0 fully saturated rings. The molecule has 6 heteroatoms. The van der Waals surface area contributed by atoms with Crippen molar-refractivity contribution in [2.24, 2.45) is 0 Å². The van der Waals surface area contributed by atoms with Gasteiger partial charge in [0.2, 0.25) is 0 Å². The number of hydrogen-bond acceptors (Lipinski definition) is 4. The van der Waals surface area contributed by atoms with E-state index in [-0.39, 0.29) is 25.1 Å². The molecule has 0 heterocycles. The normalized spacial score (nSPS) is 12.3. The third-order valence-electron chi connectivity index (χ3n) is 2.38. The van der Waals surface area contributed by atoms with Crippen molar-refractivity contribution in [3.63, 3.8) is 0 Å². The summed E-state index contributed by atoms with van der Waals surface area (Å²) in [5.41, 5.74) is 1.03. The molecule has 19 heavy (non-hydrogen) atoms. The highest BCUT2D eigenvalue weighted by molar-refractivity contribution is 6.34. The highest BCUT2D eigenvalue weighted by Gasteiger charge is 2.12. The van der Waals surface area contributed by atoms with Crippen LogP contribution in [-0.4, -0.2) is 41.4 Å². The van der Waals surface area contributed by atoms with E-state index in [0.29, 0.717) is 16.3 Å². The molecule has 1 unspecified atom stereocenters. The Morgan fingerprint density at radius 1 is 1.42 bits per heavy atom. The van der Waals surface area contributed by atoms with Crippen LogP contribution in [0.4, 0.5) is 5.69 Å². The summed E-state index contributed by atoms with van der Waals surface area (Å²) in [7, 11) is 0. The maximum Gasteiger partial charge on any atom is 0.253 e. The summed E-state index contributed by atoms with van der Waals surface area (Å²) in [6.07, 6.45) is -0.844. The van der Waals surface area contributed by atoms with E-state index in [9.17, 15) is 9.90 Å². The van der Waals surface area contributed by atoms with E-state index in [2.05, 4.69) is 10.6 Å². The van der Waals surface area contributed by atoms with Gasteiger partial charge in [-0.15, -0.1) is 0 Å². The Morgan fingerprint density at radius 3 is 2.68 bits per heavy atom. The molecule has 0 aliphatic heterocycles. The SMILES string of the molecule is CC(C)NC(=O)c1cc(NCC(O)CO)ccc1Cl. The number of rotatable bonds is 6. The molecule has 1 rings (SSSR count). The molecule has 0 saturated heterocycles. The van der Waals surface area contributed by atoms with Gasteiger partial charge < -0.3 is 20.8 Å². The summed E-state index contributed by atoms with van der Waals surface area (Å²) in [5.74, 6) is -0.244. The average molecular weight is 287 g/mol. The number of anilines is 1. The monoisotopic (exact) mass is 286 g/mol. The van der Waals surface area contributed by atoms with Crippen LogP contribution in [0.5, 0.6) is 0 Å². The topological polar surface area (TPSA) is 81.6 Å². The lowest BCUT2D eigenvalue weighted by Gasteiger charge is -2.13. The molecule has 0 aliphatic carbocycles. The molecular weight excluding hydrogens is 268 g/mol. The van der Waals surface area contributed by atoms with Crippen molar-refractivity contribution in [3.8, 4) is 0 Å². The lowest BCUT2D eigenvalue weighted by atomic mass is 10.1. The van der Waals surface area contributed by atoms with Gasteiger partial charge in [0, 0.05) is 18.3 Å². The first-order valence-corrected chi connectivity index (χ1v) is 6.45. The predicted molar refractivity (Wildman–Crippen MR) is 75.6 cm³/mol. The zero-order valence-corrected chi connectivity index (χ0v) is 11.7. The number of carbonyl (C=O) groups excluding carboxylic acids is 1. The first kappa shape index (κ1) is 15.8. The third-order valence-corrected chi connectivity index (χ3v) is 2.71. The van der Waals surface area contributed by atoms with Gasteiger partial charge in [-0.3, -0.25) is 4.79 Å². The molecule has 1 atom stereocenters. The molecule has 0 radical (unpaired) electrons. The van der Waals surface area contributed by atoms with Gasteiger partial charge in [0.25, 0.3) is 5.91 Å². The van der Waals surface area contributed by atoms with Gasteiger partial charge in [-0.2, -0.15) is 0 Å². The van der Waals surface area contributed by atoms with Crippen LogP contribution in [0, 0.1) is 0 Å². The fourth-order valence-corrected chi connectivity index (χ4v) is 1.65. The van der Waals surface area contributed by atoms with Gasteiger partial charge in [-0.25, -0.2) is 0 Å². The average Bonchev–Trinajstić information content (AvgIpc) is 2.36. The van der Waals surface area contributed by atoms with Crippen molar-refractivity contribution in [2.45, 2.75) is 26.0 Å².